The minimum absolute atomic E-state index is 0.180. The molecule has 31 heavy (non-hydrogen) atoms. The van der Waals surface area contributed by atoms with Gasteiger partial charge in [-0.2, -0.15) is 0 Å². The summed E-state index contributed by atoms with van der Waals surface area (Å²) in [5.74, 6) is -0.637. The topological polar surface area (TPSA) is 61.8 Å². The van der Waals surface area contributed by atoms with Crippen LogP contribution >= 0.6 is 23.2 Å². The Labute approximate surface area is 190 Å². The Bertz CT molecular complexity index is 1180. The van der Waals surface area contributed by atoms with Crippen LogP contribution in [0, 0.1) is 0 Å². The molecule has 0 bridgehead atoms. The van der Waals surface area contributed by atoms with Crippen molar-refractivity contribution in [3.8, 4) is 0 Å². The zero-order chi connectivity index (χ0) is 22.0. The van der Waals surface area contributed by atoms with Crippen molar-refractivity contribution in [2.24, 2.45) is 4.99 Å². The van der Waals surface area contributed by atoms with Gasteiger partial charge in [-0.25, -0.2) is 0 Å². The van der Waals surface area contributed by atoms with Gasteiger partial charge < -0.3 is 10.2 Å². The van der Waals surface area contributed by atoms with E-state index in [-0.39, 0.29) is 18.4 Å². The molecular weight excluding hydrogens is 433 g/mol. The number of nitrogens with one attached hydrogen (secondary N) is 1. The molecule has 0 aromatic heterocycles. The average Bonchev–Trinajstić information content (AvgIpc) is 2.86. The third-order valence-corrected chi connectivity index (χ3v) is 5.51. The Balaban J connectivity index is 1.72. The predicted octanol–water partition coefficient (Wildman–Crippen LogP) is 5.20. The Morgan fingerprint density at radius 1 is 1.03 bits per heavy atom. The number of carbonyl (C=O) groups excluding carboxylic acids is 2. The van der Waals surface area contributed by atoms with Crippen molar-refractivity contribution >= 4 is 52.1 Å². The molecule has 1 unspecified atom stereocenters. The molecule has 0 fully saturated rings. The van der Waals surface area contributed by atoms with Crippen molar-refractivity contribution in [1.82, 2.24) is 0 Å². The lowest BCUT2D eigenvalue weighted by Gasteiger charge is -2.24. The molecule has 0 saturated carbocycles. The van der Waals surface area contributed by atoms with Crippen LogP contribution in [0.4, 0.5) is 11.4 Å². The second-order valence-electron chi connectivity index (χ2n) is 7.13. The third kappa shape index (κ3) is 4.48. The highest BCUT2D eigenvalue weighted by atomic mass is 35.5. The number of benzodiazepines with no additional fused rings is 1. The molecule has 3 aromatic rings. The largest absolute Gasteiger partial charge is 0.323 e. The highest BCUT2D eigenvalue weighted by Gasteiger charge is 2.31. The van der Waals surface area contributed by atoms with Gasteiger partial charge in [0.15, 0.2) is 0 Å². The minimum atomic E-state index is -0.672. The Morgan fingerprint density at radius 2 is 1.74 bits per heavy atom. The van der Waals surface area contributed by atoms with Crippen LogP contribution in [0.15, 0.2) is 77.8 Å². The molecule has 0 radical (unpaired) electrons. The maximum Gasteiger partial charge on any atom is 0.252 e. The van der Waals surface area contributed by atoms with Gasteiger partial charge >= 0.3 is 0 Å². The second kappa shape index (κ2) is 8.92. The number of nitrogens with zero attached hydrogens (tertiary/aromatic N) is 2. The van der Waals surface area contributed by atoms with E-state index in [0.717, 1.165) is 5.56 Å². The summed E-state index contributed by atoms with van der Waals surface area (Å²) in [5.41, 5.74) is 3.29. The van der Waals surface area contributed by atoms with Crippen molar-refractivity contribution < 1.29 is 9.59 Å². The maximum atomic E-state index is 13.2. The highest BCUT2D eigenvalue weighted by Crippen LogP contribution is 2.31. The molecule has 0 spiro atoms. The Hall–Kier alpha value is -3.15. The van der Waals surface area contributed by atoms with Gasteiger partial charge in [-0.1, -0.05) is 65.7 Å². The lowest BCUT2D eigenvalue weighted by molar-refractivity contribution is -0.122. The van der Waals surface area contributed by atoms with E-state index in [4.69, 9.17) is 23.2 Å². The number of carbonyl (C=O) groups is 2. The van der Waals surface area contributed by atoms with Crippen LogP contribution in [0.2, 0.25) is 10.0 Å². The first-order valence-electron chi connectivity index (χ1n) is 9.73. The summed E-state index contributed by atoms with van der Waals surface area (Å²) in [6.45, 7) is 1.54. The molecule has 0 saturated heterocycles. The number of para-hydroxylation sites is 1. The summed E-state index contributed by atoms with van der Waals surface area (Å²) >= 11 is 12.4. The van der Waals surface area contributed by atoms with Crippen LogP contribution in [0.5, 0.6) is 0 Å². The van der Waals surface area contributed by atoms with Crippen LogP contribution < -0.4 is 10.2 Å². The van der Waals surface area contributed by atoms with E-state index in [0.29, 0.717) is 32.7 Å². The summed E-state index contributed by atoms with van der Waals surface area (Å²) in [5, 5.41) is 3.71. The van der Waals surface area contributed by atoms with E-state index in [1.54, 1.807) is 49.4 Å². The molecule has 3 aromatic carbocycles. The second-order valence-corrected chi connectivity index (χ2v) is 7.98. The molecule has 2 amide bonds. The number of rotatable bonds is 4. The van der Waals surface area contributed by atoms with E-state index < -0.39 is 6.04 Å². The van der Waals surface area contributed by atoms with Crippen molar-refractivity contribution in [2.75, 3.05) is 16.8 Å². The molecule has 5 nitrogen and oxygen atoms in total. The first-order valence-corrected chi connectivity index (χ1v) is 10.5. The van der Waals surface area contributed by atoms with Gasteiger partial charge in [-0.15, -0.1) is 0 Å². The first kappa shape index (κ1) is 21.1. The van der Waals surface area contributed by atoms with E-state index in [2.05, 4.69) is 10.3 Å². The van der Waals surface area contributed by atoms with Crippen molar-refractivity contribution in [3.63, 3.8) is 0 Å². The van der Waals surface area contributed by atoms with Crippen LogP contribution in [0.3, 0.4) is 0 Å². The number of hydrogen-bond acceptors (Lipinski definition) is 3. The van der Waals surface area contributed by atoms with E-state index in [9.17, 15) is 9.59 Å². The SMILES string of the molecule is CC1N=C(c2ccccc2)c2cc(Cl)ccc2N(CC(=O)Nc2ccccc2Cl)C1=O. The molecule has 1 heterocycles. The summed E-state index contributed by atoms with van der Waals surface area (Å²) in [4.78, 5) is 32.1. The Kier molecular flexibility index (Phi) is 6.07. The highest BCUT2D eigenvalue weighted by molar-refractivity contribution is 6.34. The number of amides is 2. The molecule has 1 aliphatic rings. The minimum Gasteiger partial charge on any atom is -0.323 e. The van der Waals surface area contributed by atoms with Crippen LogP contribution in [-0.4, -0.2) is 30.1 Å². The molecule has 156 valence electrons. The maximum absolute atomic E-state index is 13.2. The van der Waals surface area contributed by atoms with Crippen molar-refractivity contribution in [2.45, 2.75) is 13.0 Å². The quantitative estimate of drug-likeness (QED) is 0.591. The van der Waals surface area contributed by atoms with E-state index in [1.165, 1.54) is 4.90 Å². The zero-order valence-corrected chi connectivity index (χ0v) is 18.2. The number of aliphatic imine (C=N–C) groups is 1. The lowest BCUT2D eigenvalue weighted by Crippen LogP contribution is -2.42. The number of anilines is 2. The van der Waals surface area contributed by atoms with Crippen LogP contribution in [0.1, 0.15) is 18.1 Å². The fourth-order valence-corrected chi connectivity index (χ4v) is 3.84. The Morgan fingerprint density at radius 3 is 2.48 bits per heavy atom. The molecule has 1 aliphatic heterocycles. The van der Waals surface area contributed by atoms with Crippen LogP contribution in [0.25, 0.3) is 0 Å². The number of fused-ring (bicyclic) bond motifs is 1. The summed E-state index contributed by atoms with van der Waals surface area (Å²) < 4.78 is 0. The molecule has 1 atom stereocenters. The number of benzene rings is 3. The third-order valence-electron chi connectivity index (χ3n) is 4.95. The van der Waals surface area contributed by atoms with Gasteiger partial charge in [0.05, 0.1) is 22.1 Å². The molecular formula is C24H19Cl2N3O2. The molecule has 0 aliphatic carbocycles. The summed E-state index contributed by atoms with van der Waals surface area (Å²) in [7, 11) is 0. The van der Waals surface area contributed by atoms with Gasteiger partial charge in [0.25, 0.3) is 5.91 Å². The van der Waals surface area contributed by atoms with Crippen molar-refractivity contribution in [3.05, 3.63) is 94.0 Å². The predicted molar refractivity (Wildman–Crippen MR) is 125 cm³/mol. The zero-order valence-electron chi connectivity index (χ0n) is 16.7. The van der Waals surface area contributed by atoms with Gasteiger partial charge in [-0.05, 0) is 37.3 Å². The normalized spacial score (nSPS) is 15.7. The molecule has 1 N–H and O–H groups in total. The van der Waals surface area contributed by atoms with E-state index >= 15 is 0 Å². The average molecular weight is 452 g/mol. The fraction of sp³-hybridized carbons (Fsp3) is 0.125. The van der Waals surface area contributed by atoms with Gasteiger partial charge in [0, 0.05) is 16.1 Å². The molecule has 7 heteroatoms. The standard InChI is InChI=1S/C24H19Cl2N3O2/c1-15-24(31)29(14-22(30)28-20-10-6-5-9-19(20)26)21-12-11-17(25)13-18(21)23(27-15)16-7-3-2-4-8-16/h2-13,15H,14H2,1H3,(H,28,30). The van der Waals surface area contributed by atoms with E-state index in [1.807, 2.05) is 30.3 Å². The van der Waals surface area contributed by atoms with Crippen molar-refractivity contribution in [1.29, 1.82) is 0 Å². The summed E-state index contributed by atoms with van der Waals surface area (Å²) in [6, 6.07) is 21.1. The van der Waals surface area contributed by atoms with Crippen LogP contribution in [-0.2, 0) is 9.59 Å². The smallest absolute Gasteiger partial charge is 0.252 e. The lowest BCUT2D eigenvalue weighted by atomic mass is 10.00. The number of halogens is 2. The first-order chi connectivity index (χ1) is 14.9. The van der Waals surface area contributed by atoms with Gasteiger partial charge in [0.2, 0.25) is 5.91 Å². The summed E-state index contributed by atoms with van der Waals surface area (Å²) in [6.07, 6.45) is 0. The van der Waals surface area contributed by atoms with Gasteiger partial charge in [0.1, 0.15) is 12.6 Å². The fourth-order valence-electron chi connectivity index (χ4n) is 3.48. The molecule has 4 rings (SSSR count). The number of hydrogen-bond donors (Lipinski definition) is 1. The monoisotopic (exact) mass is 451 g/mol. The van der Waals surface area contributed by atoms with Gasteiger partial charge in [-0.3, -0.25) is 14.6 Å².